The van der Waals surface area contributed by atoms with Gasteiger partial charge in [0.15, 0.2) is 5.58 Å². The topological polar surface area (TPSA) is 80.4 Å². The summed E-state index contributed by atoms with van der Waals surface area (Å²) in [5.74, 6) is 0. The van der Waals surface area contributed by atoms with E-state index in [4.69, 9.17) is 4.42 Å². The van der Waals surface area contributed by atoms with E-state index in [0.717, 1.165) is 120 Å². The molecule has 0 aliphatic rings. The maximum absolute atomic E-state index is 13.0. The van der Waals surface area contributed by atoms with Crippen molar-refractivity contribution in [3.8, 4) is 46.0 Å². The van der Waals surface area contributed by atoms with Crippen molar-refractivity contribution in [3.63, 3.8) is 0 Å². The molecule has 0 radical (unpaired) electrons. The molecular weight excluding hydrogens is 1010 g/mol. The van der Waals surface area contributed by atoms with Crippen LogP contribution >= 0.6 is 0 Å². The average Bonchev–Trinajstić information content (AvgIpc) is 1.77. The molecule has 5 aromatic heterocycles. The van der Waals surface area contributed by atoms with E-state index >= 15 is 0 Å². The molecule has 18 rings (SSSR count). The predicted molar refractivity (Wildman–Crippen MR) is 341 cm³/mol. The van der Waals surface area contributed by atoms with Crippen LogP contribution in [0.3, 0.4) is 0 Å². The zero-order valence-electron chi connectivity index (χ0n) is 44.3. The quantitative estimate of drug-likeness (QED) is 0.161. The molecule has 0 amide bonds. The lowest BCUT2D eigenvalue weighted by atomic mass is 9.94. The minimum atomic E-state index is 0.373. The minimum Gasteiger partial charge on any atom is -0.454 e. The van der Waals surface area contributed by atoms with Crippen molar-refractivity contribution in [1.82, 2.24) is 18.3 Å². The molecular formula is C76H42N6O. The van der Waals surface area contributed by atoms with Crippen LogP contribution < -0.4 is 0 Å². The average molecular weight is 1060 g/mol. The highest BCUT2D eigenvalue weighted by atomic mass is 16.3. The zero-order valence-corrected chi connectivity index (χ0v) is 44.3. The van der Waals surface area contributed by atoms with Crippen LogP contribution in [-0.4, -0.2) is 18.3 Å². The first kappa shape index (κ1) is 45.2. The van der Waals surface area contributed by atoms with Crippen LogP contribution in [-0.2, 0) is 0 Å². The lowest BCUT2D eigenvalue weighted by Gasteiger charge is -2.27. The predicted octanol–water partition coefficient (Wildman–Crippen LogP) is 19.7. The van der Waals surface area contributed by atoms with Gasteiger partial charge in [0, 0.05) is 53.9 Å². The van der Waals surface area contributed by atoms with Gasteiger partial charge < -0.3 is 22.7 Å². The van der Waals surface area contributed by atoms with Gasteiger partial charge in [-0.1, -0.05) is 200 Å². The fourth-order valence-corrected chi connectivity index (χ4v) is 14.2. The van der Waals surface area contributed by atoms with Crippen LogP contribution in [0.4, 0.5) is 0 Å². The van der Waals surface area contributed by atoms with E-state index < -0.39 is 0 Å². The first-order valence-electron chi connectivity index (χ1n) is 28.0. The van der Waals surface area contributed by atoms with E-state index in [1.165, 1.54) is 16.2 Å². The highest BCUT2D eigenvalue weighted by Gasteiger charge is 2.35. The summed E-state index contributed by atoms with van der Waals surface area (Å²) in [6.45, 7) is 0. The molecule has 0 N–H and O–H groups in total. The molecule has 0 saturated heterocycles. The molecule has 18 aromatic rings. The molecule has 382 valence electrons. The molecule has 0 atom stereocenters. The minimum absolute atomic E-state index is 0.373. The number of aromatic nitrogens is 4. The maximum Gasteiger partial charge on any atom is 0.160 e. The molecule has 0 fully saturated rings. The van der Waals surface area contributed by atoms with Gasteiger partial charge in [0.1, 0.15) is 28.8 Å². The number of benzene rings is 13. The number of nitrogens with zero attached hydrogens (tertiary/aromatic N) is 6. The number of furan rings is 1. The van der Waals surface area contributed by atoms with E-state index in [9.17, 15) is 10.5 Å². The molecule has 7 nitrogen and oxygen atoms in total. The van der Waals surface area contributed by atoms with Gasteiger partial charge in [-0.15, -0.1) is 0 Å². The molecule has 83 heavy (non-hydrogen) atoms. The second-order valence-corrected chi connectivity index (χ2v) is 21.7. The monoisotopic (exact) mass is 1050 g/mol. The van der Waals surface area contributed by atoms with Crippen molar-refractivity contribution < 1.29 is 4.42 Å². The van der Waals surface area contributed by atoms with Gasteiger partial charge in [0.05, 0.1) is 66.9 Å². The standard InChI is InChI=1S/C76H42N6O/c77-43-61-71(79-63-29-10-3-20-51(63)52-21-4-11-30-64(52)79)72(80-65-31-12-5-22-53(65)54-23-6-13-32-66(54)80)62(44-78)74(73(61)81-67-33-14-7-24-55(67)56-25-8-15-34-68(56)81)82-69-42-46(48-27-17-28-49-47-19-2-1-18-45(47)36-38-50(48)49)37-39-57(69)59-40-41-60-58-26-9-16-35-70(58)83-76(60)75(59)82/h1-42H. The van der Waals surface area contributed by atoms with Crippen molar-refractivity contribution in [2.24, 2.45) is 0 Å². The first-order chi connectivity index (χ1) is 41.2. The third kappa shape index (κ3) is 6.04. The fourth-order valence-electron chi connectivity index (χ4n) is 14.2. The lowest BCUT2D eigenvalue weighted by Crippen LogP contribution is -2.16. The molecule has 0 unspecified atom stereocenters. The summed E-state index contributed by atoms with van der Waals surface area (Å²) >= 11 is 0. The Hall–Kier alpha value is -11.6. The van der Waals surface area contributed by atoms with Gasteiger partial charge >= 0.3 is 0 Å². The molecule has 7 heteroatoms. The molecule has 0 aliphatic heterocycles. The molecule has 0 bridgehead atoms. The van der Waals surface area contributed by atoms with Gasteiger partial charge in [-0.25, -0.2) is 0 Å². The van der Waals surface area contributed by atoms with Gasteiger partial charge in [0.2, 0.25) is 0 Å². The van der Waals surface area contributed by atoms with Gasteiger partial charge in [-0.2, -0.15) is 10.5 Å². The third-order valence-electron chi connectivity index (χ3n) is 17.6. The van der Waals surface area contributed by atoms with Gasteiger partial charge in [-0.05, 0) is 87.3 Å². The van der Waals surface area contributed by atoms with E-state index in [2.05, 4.69) is 273 Å². The number of hydrogen-bond donors (Lipinski definition) is 0. The van der Waals surface area contributed by atoms with Crippen LogP contribution in [0.1, 0.15) is 11.1 Å². The number of hydrogen-bond acceptors (Lipinski definition) is 3. The Morgan fingerprint density at radius 3 is 1.17 bits per heavy atom. The number of nitriles is 2. The van der Waals surface area contributed by atoms with E-state index in [1.807, 2.05) is 12.1 Å². The first-order valence-corrected chi connectivity index (χ1v) is 28.0. The van der Waals surface area contributed by atoms with Crippen molar-refractivity contribution in [2.75, 3.05) is 0 Å². The van der Waals surface area contributed by atoms with E-state index in [0.29, 0.717) is 39.5 Å². The van der Waals surface area contributed by atoms with Crippen LogP contribution in [0, 0.1) is 22.7 Å². The Kier molecular flexibility index (Phi) is 9.23. The Balaban J connectivity index is 1.13. The van der Waals surface area contributed by atoms with Crippen molar-refractivity contribution in [2.45, 2.75) is 0 Å². The highest BCUT2D eigenvalue weighted by Crippen LogP contribution is 2.51. The normalized spacial score (nSPS) is 12.1. The summed E-state index contributed by atoms with van der Waals surface area (Å²) < 4.78 is 16.2. The van der Waals surface area contributed by atoms with E-state index in [-0.39, 0.29) is 0 Å². The van der Waals surface area contributed by atoms with Crippen molar-refractivity contribution in [1.29, 1.82) is 10.5 Å². The smallest absolute Gasteiger partial charge is 0.160 e. The molecule has 13 aromatic carbocycles. The van der Waals surface area contributed by atoms with Gasteiger partial charge in [0.25, 0.3) is 0 Å². The summed E-state index contributed by atoms with van der Waals surface area (Å²) in [6, 6.07) is 95.4. The zero-order chi connectivity index (χ0) is 54.6. The van der Waals surface area contributed by atoms with Crippen LogP contribution in [0.5, 0.6) is 0 Å². The summed E-state index contributed by atoms with van der Waals surface area (Å²) in [5, 5.41) is 40.6. The second-order valence-electron chi connectivity index (χ2n) is 21.7. The van der Waals surface area contributed by atoms with Crippen LogP contribution in [0.15, 0.2) is 259 Å². The Morgan fingerprint density at radius 1 is 0.277 bits per heavy atom. The fraction of sp³-hybridized carbons (Fsp3) is 0. The molecule has 5 heterocycles. The number of rotatable bonds is 5. The Morgan fingerprint density at radius 2 is 0.663 bits per heavy atom. The van der Waals surface area contributed by atoms with Crippen LogP contribution in [0.25, 0.3) is 165 Å². The van der Waals surface area contributed by atoms with Crippen molar-refractivity contribution in [3.05, 3.63) is 266 Å². The summed E-state index contributed by atoms with van der Waals surface area (Å²) in [6.07, 6.45) is 0. The van der Waals surface area contributed by atoms with Crippen LogP contribution in [0.2, 0.25) is 0 Å². The summed E-state index contributed by atoms with van der Waals surface area (Å²) in [7, 11) is 0. The summed E-state index contributed by atoms with van der Waals surface area (Å²) in [5.41, 5.74) is 13.6. The number of fused-ring (bicyclic) bond motifs is 19. The molecule has 0 aliphatic carbocycles. The molecule has 0 spiro atoms. The Labute approximate surface area is 473 Å². The van der Waals surface area contributed by atoms with Crippen molar-refractivity contribution >= 4 is 131 Å². The third-order valence-corrected chi connectivity index (χ3v) is 17.6. The largest absolute Gasteiger partial charge is 0.454 e. The second kappa shape index (κ2) is 16.9. The highest BCUT2D eigenvalue weighted by molar-refractivity contribution is 6.23. The Bertz CT molecular complexity index is 5820. The van der Waals surface area contributed by atoms with Gasteiger partial charge in [-0.3, -0.25) is 0 Å². The maximum atomic E-state index is 13.0. The number of para-hydroxylation sites is 7. The molecule has 0 saturated carbocycles. The van der Waals surface area contributed by atoms with E-state index in [1.54, 1.807) is 0 Å². The SMILES string of the molecule is N#Cc1c(-n2c3ccccc3c3ccccc32)c(-n2c3ccccc3c3ccccc32)c(C#N)c(-n2c3cc(-c4cccc5c4ccc4ccccc45)ccc3c3ccc4c5ccccc5oc4c32)c1-n1c2ccccc2c2ccccc21. The summed E-state index contributed by atoms with van der Waals surface area (Å²) in [4.78, 5) is 0. The lowest BCUT2D eigenvalue weighted by molar-refractivity contribution is 0.671.